The third-order valence-corrected chi connectivity index (χ3v) is 4.01. The van der Waals surface area contributed by atoms with Crippen molar-refractivity contribution in [1.82, 2.24) is 0 Å². The van der Waals surface area contributed by atoms with Gasteiger partial charge in [0.1, 0.15) is 0 Å². The minimum Gasteiger partial charge on any atom is -0.478 e. The monoisotopic (exact) mass is 242 g/mol. The Hall–Kier alpha value is -1.87. The van der Waals surface area contributed by atoms with Crippen molar-refractivity contribution in [2.45, 2.75) is 6.92 Å². The third kappa shape index (κ3) is 1.59. The molecule has 1 heterocycles. The Morgan fingerprint density at radius 1 is 1.06 bits per heavy atom. The lowest BCUT2D eigenvalue weighted by Crippen LogP contribution is -1.94. The van der Waals surface area contributed by atoms with E-state index in [0.717, 1.165) is 10.1 Å². The van der Waals surface area contributed by atoms with Gasteiger partial charge in [-0.05, 0) is 31.2 Å². The van der Waals surface area contributed by atoms with Crippen LogP contribution in [0.15, 0.2) is 36.4 Å². The molecule has 0 aliphatic carbocycles. The van der Waals surface area contributed by atoms with Crippen molar-refractivity contribution in [1.29, 1.82) is 0 Å². The number of aromatic carboxylic acids is 1. The molecule has 3 heteroatoms. The zero-order valence-corrected chi connectivity index (χ0v) is 10.0. The minimum atomic E-state index is -0.875. The van der Waals surface area contributed by atoms with Crippen molar-refractivity contribution in [2.75, 3.05) is 0 Å². The Morgan fingerprint density at radius 3 is 2.65 bits per heavy atom. The van der Waals surface area contributed by atoms with Gasteiger partial charge in [-0.25, -0.2) is 4.79 Å². The zero-order valence-electron chi connectivity index (χ0n) is 9.23. The molecule has 0 fully saturated rings. The molecule has 3 aromatic rings. The normalized spacial score (nSPS) is 11.1. The summed E-state index contributed by atoms with van der Waals surface area (Å²) in [6.45, 7) is 2.06. The molecule has 2 aromatic carbocycles. The molecule has 3 rings (SSSR count). The molecule has 0 aliphatic rings. The number of thiophene rings is 1. The molecule has 0 radical (unpaired) electrons. The van der Waals surface area contributed by atoms with Gasteiger partial charge < -0.3 is 5.11 Å². The Balaban J connectivity index is 2.39. The number of hydrogen-bond donors (Lipinski definition) is 1. The van der Waals surface area contributed by atoms with Crippen LogP contribution in [0.1, 0.15) is 15.9 Å². The molecular weight excluding hydrogens is 232 g/mol. The molecule has 0 bridgehead atoms. The van der Waals surface area contributed by atoms with Crippen LogP contribution in [-0.4, -0.2) is 11.1 Å². The summed E-state index contributed by atoms with van der Waals surface area (Å²) in [5.41, 5.74) is 1.57. The maximum Gasteiger partial charge on any atom is 0.335 e. The summed E-state index contributed by atoms with van der Waals surface area (Å²) in [7, 11) is 0. The van der Waals surface area contributed by atoms with Crippen LogP contribution in [0.3, 0.4) is 0 Å². The number of rotatable bonds is 1. The number of carboxylic acids is 1. The number of carbonyl (C=O) groups is 1. The molecule has 0 atom stereocenters. The van der Waals surface area contributed by atoms with E-state index in [9.17, 15) is 4.79 Å². The summed E-state index contributed by atoms with van der Waals surface area (Å²) in [6.07, 6.45) is 0. The van der Waals surface area contributed by atoms with Gasteiger partial charge in [0, 0.05) is 20.2 Å². The highest BCUT2D eigenvalue weighted by Crippen LogP contribution is 2.34. The second-order valence-electron chi connectivity index (χ2n) is 4.12. The van der Waals surface area contributed by atoms with Gasteiger partial charge in [0.25, 0.3) is 0 Å². The summed E-state index contributed by atoms with van der Waals surface area (Å²) in [5.74, 6) is -0.875. The quantitative estimate of drug-likeness (QED) is 0.698. The van der Waals surface area contributed by atoms with Gasteiger partial charge >= 0.3 is 5.97 Å². The van der Waals surface area contributed by atoms with Crippen molar-refractivity contribution in [3.05, 3.63) is 47.5 Å². The van der Waals surface area contributed by atoms with Gasteiger partial charge in [0.15, 0.2) is 0 Å². The minimum absolute atomic E-state index is 0.348. The molecule has 1 N–H and O–H groups in total. The summed E-state index contributed by atoms with van der Waals surface area (Å²) in [4.78, 5) is 10.9. The fourth-order valence-corrected chi connectivity index (χ4v) is 3.15. The van der Waals surface area contributed by atoms with Crippen molar-refractivity contribution in [3.63, 3.8) is 0 Å². The van der Waals surface area contributed by atoms with Crippen LogP contribution in [0.2, 0.25) is 0 Å². The van der Waals surface area contributed by atoms with E-state index in [2.05, 4.69) is 25.1 Å². The van der Waals surface area contributed by atoms with Crippen molar-refractivity contribution in [2.24, 2.45) is 0 Å². The van der Waals surface area contributed by atoms with Gasteiger partial charge in [-0.15, -0.1) is 11.3 Å². The van der Waals surface area contributed by atoms with Gasteiger partial charge in [0.05, 0.1) is 5.56 Å². The van der Waals surface area contributed by atoms with Crippen LogP contribution in [-0.2, 0) is 0 Å². The molecule has 0 amide bonds. The van der Waals surface area contributed by atoms with Gasteiger partial charge in [-0.1, -0.05) is 17.7 Å². The molecule has 0 saturated heterocycles. The predicted octanol–water partition coefficient (Wildman–Crippen LogP) is 4.06. The average molecular weight is 242 g/mol. The summed E-state index contributed by atoms with van der Waals surface area (Å²) in [6, 6.07) is 11.6. The predicted molar refractivity (Wildman–Crippen MR) is 71.0 cm³/mol. The first-order valence-corrected chi connectivity index (χ1v) is 6.13. The SMILES string of the molecule is Cc1ccc2sc3cc(C(=O)O)ccc3c2c1. The first kappa shape index (κ1) is 10.3. The summed E-state index contributed by atoms with van der Waals surface area (Å²) >= 11 is 1.64. The van der Waals surface area contributed by atoms with Crippen molar-refractivity contribution >= 4 is 37.5 Å². The van der Waals surface area contributed by atoms with E-state index < -0.39 is 5.97 Å². The molecule has 0 saturated carbocycles. The zero-order chi connectivity index (χ0) is 12.0. The van der Waals surface area contributed by atoms with E-state index in [4.69, 9.17) is 5.11 Å². The number of carboxylic acid groups (broad SMARTS) is 1. The highest BCUT2D eigenvalue weighted by Gasteiger charge is 2.08. The first-order chi connectivity index (χ1) is 8.15. The van der Waals surface area contributed by atoms with Crippen molar-refractivity contribution in [3.8, 4) is 0 Å². The van der Waals surface area contributed by atoms with E-state index in [1.807, 2.05) is 6.07 Å². The van der Waals surface area contributed by atoms with Crippen LogP contribution >= 0.6 is 11.3 Å². The second-order valence-corrected chi connectivity index (χ2v) is 5.20. The summed E-state index contributed by atoms with van der Waals surface area (Å²) in [5, 5.41) is 11.3. The van der Waals surface area contributed by atoms with Crippen LogP contribution in [0.4, 0.5) is 0 Å². The first-order valence-electron chi connectivity index (χ1n) is 5.31. The maximum absolute atomic E-state index is 10.9. The largest absolute Gasteiger partial charge is 0.478 e. The molecule has 17 heavy (non-hydrogen) atoms. The Kier molecular flexibility index (Phi) is 2.16. The maximum atomic E-state index is 10.9. The number of fused-ring (bicyclic) bond motifs is 3. The molecule has 0 aliphatic heterocycles. The Bertz CT molecular complexity index is 740. The molecule has 0 spiro atoms. The molecule has 2 nitrogen and oxygen atoms in total. The number of hydrogen-bond acceptors (Lipinski definition) is 2. The topological polar surface area (TPSA) is 37.3 Å². The highest BCUT2D eigenvalue weighted by atomic mass is 32.1. The lowest BCUT2D eigenvalue weighted by Gasteiger charge is -1.95. The molecular formula is C14H10O2S. The Morgan fingerprint density at radius 2 is 1.88 bits per heavy atom. The smallest absolute Gasteiger partial charge is 0.335 e. The van der Waals surface area contributed by atoms with Crippen LogP contribution < -0.4 is 0 Å². The van der Waals surface area contributed by atoms with Gasteiger partial charge in [0.2, 0.25) is 0 Å². The second kappa shape index (κ2) is 3.57. The number of benzene rings is 2. The van der Waals surface area contributed by atoms with Crippen LogP contribution in [0.5, 0.6) is 0 Å². The van der Waals surface area contributed by atoms with E-state index in [-0.39, 0.29) is 0 Å². The molecule has 84 valence electrons. The number of aryl methyl sites for hydroxylation is 1. The van der Waals surface area contributed by atoms with Gasteiger partial charge in [-0.2, -0.15) is 0 Å². The van der Waals surface area contributed by atoms with E-state index in [1.165, 1.54) is 15.6 Å². The highest BCUT2D eigenvalue weighted by molar-refractivity contribution is 7.25. The summed E-state index contributed by atoms with van der Waals surface area (Å²) < 4.78 is 2.23. The molecule has 0 unspecified atom stereocenters. The Labute approximate surface area is 102 Å². The van der Waals surface area contributed by atoms with E-state index in [1.54, 1.807) is 23.5 Å². The lowest BCUT2D eigenvalue weighted by atomic mass is 10.1. The van der Waals surface area contributed by atoms with Crippen LogP contribution in [0.25, 0.3) is 20.2 Å². The lowest BCUT2D eigenvalue weighted by molar-refractivity contribution is 0.0697. The molecule has 1 aromatic heterocycles. The van der Waals surface area contributed by atoms with Crippen molar-refractivity contribution < 1.29 is 9.90 Å². The van der Waals surface area contributed by atoms with Gasteiger partial charge in [-0.3, -0.25) is 0 Å². The van der Waals surface area contributed by atoms with E-state index in [0.29, 0.717) is 5.56 Å². The third-order valence-electron chi connectivity index (χ3n) is 2.87. The van der Waals surface area contributed by atoms with Crippen LogP contribution in [0, 0.1) is 6.92 Å². The average Bonchev–Trinajstić information content (AvgIpc) is 2.66. The fraction of sp³-hybridized carbons (Fsp3) is 0.0714. The standard InChI is InChI=1S/C14H10O2S/c1-8-2-5-12-11(6-8)10-4-3-9(14(15)16)7-13(10)17-12/h2-7H,1H3,(H,15,16). The fourth-order valence-electron chi connectivity index (χ4n) is 2.02. The van der Waals surface area contributed by atoms with E-state index >= 15 is 0 Å².